The molecule has 0 saturated heterocycles. The first-order valence-corrected chi connectivity index (χ1v) is 22.9. The maximum Gasteiger partial charge on any atom is 0.306 e. The van der Waals surface area contributed by atoms with Crippen LogP contribution in [-0.4, -0.2) is 72.9 Å². The van der Waals surface area contributed by atoms with Crippen molar-refractivity contribution in [3.05, 3.63) is 48.6 Å². The van der Waals surface area contributed by atoms with Crippen molar-refractivity contribution in [2.75, 3.05) is 33.0 Å². The topological polar surface area (TPSA) is 132 Å². The van der Waals surface area contributed by atoms with Gasteiger partial charge in [-0.2, -0.15) is 0 Å². The Hall–Kier alpha value is -2.30. The molecule has 2 atom stereocenters. The lowest BCUT2D eigenvalue weighted by Crippen LogP contribution is -2.26. The highest BCUT2D eigenvalue weighted by atomic mass is 16.7. The van der Waals surface area contributed by atoms with Crippen molar-refractivity contribution in [3.8, 4) is 0 Å². The van der Waals surface area contributed by atoms with Gasteiger partial charge in [0.25, 0.3) is 0 Å². The SMILES string of the molecule is CC/C=C\CCCCOC(CCCC(CC(CO)CC(CCCC(OCCCC/C=C\CC)OCCCC/C=C\CC)C(=O)O)C(=O)O)OCCCC/C=C\CC. The number of aliphatic hydroxyl groups is 1. The zero-order chi connectivity index (χ0) is 42.0. The van der Waals surface area contributed by atoms with Crippen molar-refractivity contribution in [2.45, 2.75) is 194 Å². The molecule has 0 radical (unpaired) electrons. The minimum atomic E-state index is -0.918. The van der Waals surface area contributed by atoms with E-state index in [-0.39, 0.29) is 32.0 Å². The van der Waals surface area contributed by atoms with Crippen LogP contribution in [0.2, 0.25) is 0 Å². The van der Waals surface area contributed by atoms with E-state index < -0.39 is 29.7 Å². The van der Waals surface area contributed by atoms with Gasteiger partial charge >= 0.3 is 11.9 Å². The Morgan fingerprint density at radius 2 is 0.737 bits per heavy atom. The molecule has 0 bridgehead atoms. The Morgan fingerprint density at radius 3 is 0.982 bits per heavy atom. The third kappa shape index (κ3) is 35.4. The molecule has 9 heteroatoms. The highest BCUT2D eigenvalue weighted by Gasteiger charge is 2.28. The second-order valence-corrected chi connectivity index (χ2v) is 15.3. The normalized spacial score (nSPS) is 14.0. The van der Waals surface area contributed by atoms with E-state index in [0.717, 1.165) is 103 Å². The summed E-state index contributed by atoms with van der Waals surface area (Å²) in [5, 5.41) is 30.6. The van der Waals surface area contributed by atoms with Crippen LogP contribution >= 0.6 is 0 Å². The maximum atomic E-state index is 12.4. The van der Waals surface area contributed by atoms with Gasteiger partial charge in [-0.1, -0.05) is 76.3 Å². The molecule has 0 aliphatic rings. The smallest absolute Gasteiger partial charge is 0.306 e. The lowest BCUT2D eigenvalue weighted by atomic mass is 9.83. The molecule has 0 aromatic rings. The summed E-state index contributed by atoms with van der Waals surface area (Å²) in [7, 11) is 0. The maximum absolute atomic E-state index is 12.4. The second kappa shape index (κ2) is 41.8. The van der Waals surface area contributed by atoms with Gasteiger partial charge in [-0.05, 0) is 160 Å². The molecule has 9 nitrogen and oxygen atoms in total. The third-order valence-electron chi connectivity index (χ3n) is 10.1. The van der Waals surface area contributed by atoms with E-state index >= 15 is 0 Å². The van der Waals surface area contributed by atoms with Gasteiger partial charge in [0, 0.05) is 33.0 Å². The quantitative estimate of drug-likeness (QED) is 0.0313. The van der Waals surface area contributed by atoms with Crippen molar-refractivity contribution in [1.82, 2.24) is 0 Å². The standard InChI is InChI=1S/C48H86O9/c1-5-9-13-17-21-25-35-54-45(55-36-26-22-18-14-10-6-2)33-29-31-43(47(50)51)39-42(41-49)40-44(48(52)53)32-30-34-46(56-37-27-23-19-15-11-7-3)57-38-28-24-20-16-12-8-4/h9-16,42-46,49H,5-8,17-41H2,1-4H3,(H,50,51)(H,52,53)/b13-9-,14-10-,15-11-,16-12-. The number of hydrogen-bond donors (Lipinski definition) is 3. The van der Waals surface area contributed by atoms with Crippen molar-refractivity contribution in [3.63, 3.8) is 0 Å². The summed E-state index contributed by atoms with van der Waals surface area (Å²) in [4.78, 5) is 24.7. The van der Waals surface area contributed by atoms with E-state index in [1.807, 2.05) is 0 Å². The Balaban J connectivity index is 5.14. The largest absolute Gasteiger partial charge is 0.481 e. The molecule has 2 unspecified atom stereocenters. The molecule has 0 rings (SSSR count). The molecule has 0 saturated carbocycles. The minimum Gasteiger partial charge on any atom is -0.481 e. The summed E-state index contributed by atoms with van der Waals surface area (Å²) in [5.74, 6) is -3.63. The zero-order valence-electron chi connectivity index (χ0n) is 36.8. The molecule has 0 spiro atoms. The van der Waals surface area contributed by atoms with E-state index in [4.69, 9.17) is 18.9 Å². The highest BCUT2D eigenvalue weighted by molar-refractivity contribution is 5.70. The van der Waals surface area contributed by atoms with Gasteiger partial charge in [-0.15, -0.1) is 0 Å². The summed E-state index contributed by atoms with van der Waals surface area (Å²) in [6, 6.07) is 0. The number of carboxylic acid groups (broad SMARTS) is 2. The van der Waals surface area contributed by atoms with Gasteiger partial charge in [0.1, 0.15) is 0 Å². The fraction of sp³-hybridized carbons (Fsp3) is 0.792. The van der Waals surface area contributed by atoms with E-state index in [9.17, 15) is 24.9 Å². The first kappa shape index (κ1) is 54.7. The van der Waals surface area contributed by atoms with Crippen molar-refractivity contribution >= 4 is 11.9 Å². The zero-order valence-corrected chi connectivity index (χ0v) is 36.8. The molecule has 0 aliphatic heterocycles. The van der Waals surface area contributed by atoms with Crippen LogP contribution in [0.25, 0.3) is 0 Å². The number of unbranched alkanes of at least 4 members (excludes halogenated alkanes) is 8. The summed E-state index contributed by atoms with van der Waals surface area (Å²) < 4.78 is 24.5. The molecule has 0 amide bonds. The molecular formula is C48H86O9. The van der Waals surface area contributed by atoms with Crippen LogP contribution in [0.1, 0.15) is 182 Å². The third-order valence-corrected chi connectivity index (χ3v) is 10.1. The van der Waals surface area contributed by atoms with E-state index in [1.165, 1.54) is 0 Å². The number of carboxylic acids is 2. The van der Waals surface area contributed by atoms with Gasteiger partial charge < -0.3 is 34.3 Å². The van der Waals surface area contributed by atoms with Crippen LogP contribution in [0.5, 0.6) is 0 Å². The van der Waals surface area contributed by atoms with E-state index in [0.29, 0.717) is 65.0 Å². The number of aliphatic carboxylic acids is 2. The fourth-order valence-corrected chi connectivity index (χ4v) is 6.68. The molecular weight excluding hydrogens is 721 g/mol. The summed E-state index contributed by atoms with van der Waals surface area (Å²) in [6.45, 7) is 10.7. The summed E-state index contributed by atoms with van der Waals surface area (Å²) in [6.07, 6.45) is 36.7. The molecule has 0 heterocycles. The Kier molecular flexibility index (Phi) is 40.2. The average Bonchev–Trinajstić information content (AvgIpc) is 3.20. The summed E-state index contributed by atoms with van der Waals surface area (Å²) in [5.41, 5.74) is 0. The predicted molar refractivity (Wildman–Crippen MR) is 234 cm³/mol. The first-order chi connectivity index (χ1) is 27.8. The fourth-order valence-electron chi connectivity index (χ4n) is 6.68. The number of carbonyl (C=O) groups is 2. The Labute approximate surface area is 348 Å². The predicted octanol–water partition coefficient (Wildman–Crippen LogP) is 12.4. The van der Waals surface area contributed by atoms with Crippen LogP contribution in [0, 0.1) is 17.8 Å². The monoisotopic (exact) mass is 807 g/mol. The molecule has 57 heavy (non-hydrogen) atoms. The van der Waals surface area contributed by atoms with Crippen LogP contribution < -0.4 is 0 Å². The van der Waals surface area contributed by atoms with Crippen LogP contribution in [0.4, 0.5) is 0 Å². The Bertz CT molecular complexity index is 897. The van der Waals surface area contributed by atoms with Gasteiger partial charge in [-0.25, -0.2) is 0 Å². The van der Waals surface area contributed by atoms with E-state index in [1.54, 1.807) is 0 Å². The molecule has 0 aliphatic carbocycles. The van der Waals surface area contributed by atoms with Crippen molar-refractivity contribution in [2.24, 2.45) is 17.8 Å². The van der Waals surface area contributed by atoms with Gasteiger partial charge in [-0.3, -0.25) is 9.59 Å². The number of rotatable bonds is 43. The van der Waals surface area contributed by atoms with Crippen molar-refractivity contribution in [1.29, 1.82) is 0 Å². The van der Waals surface area contributed by atoms with Gasteiger partial charge in [0.05, 0.1) is 11.8 Å². The number of hydrogen-bond acceptors (Lipinski definition) is 7. The molecule has 332 valence electrons. The molecule has 0 aromatic heterocycles. The first-order valence-electron chi connectivity index (χ1n) is 22.9. The number of ether oxygens (including phenoxy) is 4. The van der Waals surface area contributed by atoms with Crippen molar-refractivity contribution < 1.29 is 43.9 Å². The highest BCUT2D eigenvalue weighted by Crippen LogP contribution is 2.28. The molecule has 0 fully saturated rings. The summed E-state index contributed by atoms with van der Waals surface area (Å²) >= 11 is 0. The number of allylic oxidation sites excluding steroid dienone is 8. The second-order valence-electron chi connectivity index (χ2n) is 15.3. The van der Waals surface area contributed by atoms with Gasteiger partial charge in [0.15, 0.2) is 12.6 Å². The molecule has 3 N–H and O–H groups in total. The van der Waals surface area contributed by atoms with E-state index in [2.05, 4.69) is 76.3 Å². The molecule has 0 aromatic carbocycles. The minimum absolute atomic E-state index is 0.230. The van der Waals surface area contributed by atoms with Crippen LogP contribution in [-0.2, 0) is 28.5 Å². The number of aliphatic hydroxyl groups excluding tert-OH is 1. The van der Waals surface area contributed by atoms with Gasteiger partial charge in [0.2, 0.25) is 0 Å². The lowest BCUT2D eigenvalue weighted by Gasteiger charge is -2.24. The lowest BCUT2D eigenvalue weighted by molar-refractivity contribution is -0.151. The average molecular weight is 807 g/mol. The van der Waals surface area contributed by atoms with Crippen LogP contribution in [0.3, 0.4) is 0 Å². The Morgan fingerprint density at radius 1 is 0.439 bits per heavy atom. The van der Waals surface area contributed by atoms with Crippen LogP contribution in [0.15, 0.2) is 48.6 Å².